The molecule has 0 bridgehead atoms. The third-order valence-electron chi connectivity index (χ3n) is 3.23. The average molecular weight is 281 g/mol. The van der Waals surface area contributed by atoms with Gasteiger partial charge in [0.2, 0.25) is 0 Å². The average Bonchev–Trinajstić information content (AvgIpc) is 3.05. The Morgan fingerprint density at radius 3 is 2.53 bits per heavy atom. The van der Waals surface area contributed by atoms with Crippen LogP contribution in [0.1, 0.15) is 17.9 Å². The number of benzene rings is 1. The lowest BCUT2D eigenvalue weighted by Crippen LogP contribution is -2.01. The van der Waals surface area contributed by atoms with Crippen molar-refractivity contribution in [3.8, 4) is 17.0 Å². The number of hydrogen-bond donors (Lipinski definition) is 2. The first kappa shape index (κ1) is 13.8. The van der Waals surface area contributed by atoms with E-state index in [1.165, 1.54) is 12.1 Å². The number of halogens is 2. The Morgan fingerprint density at radius 1 is 1.26 bits per heavy atom. The summed E-state index contributed by atoms with van der Waals surface area (Å²) in [6, 6.07) is 7.95. The molecule has 100 valence electrons. The predicted molar refractivity (Wildman–Crippen MR) is 73.9 cm³/mol. The van der Waals surface area contributed by atoms with Crippen LogP contribution in [0.2, 0.25) is 0 Å². The molecule has 1 fully saturated rings. The molecule has 0 amide bonds. The highest BCUT2D eigenvalue weighted by atomic mass is 35.5. The summed E-state index contributed by atoms with van der Waals surface area (Å²) >= 11 is 0. The number of hydrogen-bond acceptors (Lipinski definition) is 3. The molecule has 19 heavy (non-hydrogen) atoms. The number of aromatic nitrogens is 1. The van der Waals surface area contributed by atoms with Gasteiger partial charge in [0, 0.05) is 29.8 Å². The molecule has 2 unspecified atom stereocenters. The van der Waals surface area contributed by atoms with Gasteiger partial charge in [-0.15, -0.1) is 12.4 Å². The Balaban J connectivity index is 0.00000133. The fourth-order valence-corrected chi connectivity index (χ4v) is 2.12. The van der Waals surface area contributed by atoms with E-state index in [9.17, 15) is 9.50 Å². The molecule has 3 N–H and O–H groups in total. The van der Waals surface area contributed by atoms with E-state index in [0.29, 0.717) is 17.2 Å². The van der Waals surface area contributed by atoms with Crippen molar-refractivity contribution in [1.82, 2.24) is 4.98 Å². The standard InChI is InChI=1S/C14H13FN2O.ClH/c15-10-3-9(4-11(18)5-10)14-2-1-8(7-17-14)12-6-13(12)16;/h1-5,7,12-13,18H,6,16H2;1H. The first-order valence-electron chi connectivity index (χ1n) is 5.85. The maximum atomic E-state index is 13.2. The molecule has 1 heterocycles. The molecule has 2 aromatic rings. The highest BCUT2D eigenvalue weighted by Crippen LogP contribution is 2.38. The number of phenols is 1. The van der Waals surface area contributed by atoms with Crippen molar-refractivity contribution >= 4 is 12.4 Å². The van der Waals surface area contributed by atoms with Crippen molar-refractivity contribution in [3.05, 3.63) is 47.9 Å². The van der Waals surface area contributed by atoms with Gasteiger partial charge < -0.3 is 10.8 Å². The maximum Gasteiger partial charge on any atom is 0.127 e. The number of phenolic OH excluding ortho intramolecular Hbond substituents is 1. The summed E-state index contributed by atoms with van der Waals surface area (Å²) in [5.74, 6) is -0.160. The van der Waals surface area contributed by atoms with Crippen LogP contribution < -0.4 is 5.73 Å². The molecular weight excluding hydrogens is 267 g/mol. The zero-order valence-corrected chi connectivity index (χ0v) is 10.9. The molecule has 1 aromatic carbocycles. The van der Waals surface area contributed by atoms with E-state index in [1.54, 1.807) is 6.20 Å². The van der Waals surface area contributed by atoms with E-state index in [-0.39, 0.29) is 24.2 Å². The molecule has 0 aliphatic heterocycles. The van der Waals surface area contributed by atoms with E-state index in [0.717, 1.165) is 18.1 Å². The Labute approximate surface area is 116 Å². The van der Waals surface area contributed by atoms with Gasteiger partial charge in [-0.25, -0.2) is 4.39 Å². The topological polar surface area (TPSA) is 59.1 Å². The quantitative estimate of drug-likeness (QED) is 0.889. The maximum absolute atomic E-state index is 13.2. The van der Waals surface area contributed by atoms with Gasteiger partial charge in [0.25, 0.3) is 0 Å². The Morgan fingerprint density at radius 2 is 2.00 bits per heavy atom. The fourth-order valence-electron chi connectivity index (χ4n) is 2.12. The van der Waals surface area contributed by atoms with E-state index in [2.05, 4.69) is 4.98 Å². The van der Waals surface area contributed by atoms with Crippen molar-refractivity contribution in [2.45, 2.75) is 18.4 Å². The molecule has 0 spiro atoms. The van der Waals surface area contributed by atoms with Crippen LogP contribution in [-0.4, -0.2) is 16.1 Å². The van der Waals surface area contributed by atoms with Crippen molar-refractivity contribution in [2.24, 2.45) is 5.73 Å². The lowest BCUT2D eigenvalue weighted by atomic mass is 10.1. The van der Waals surface area contributed by atoms with Gasteiger partial charge in [-0.05, 0) is 30.2 Å². The highest BCUT2D eigenvalue weighted by Gasteiger charge is 2.34. The second-order valence-corrected chi connectivity index (χ2v) is 4.68. The van der Waals surface area contributed by atoms with Crippen LogP contribution in [0.25, 0.3) is 11.3 Å². The minimum Gasteiger partial charge on any atom is -0.508 e. The number of rotatable bonds is 2. The first-order chi connectivity index (χ1) is 8.63. The van der Waals surface area contributed by atoms with Gasteiger partial charge in [0.1, 0.15) is 11.6 Å². The molecule has 1 saturated carbocycles. The van der Waals surface area contributed by atoms with Gasteiger partial charge >= 0.3 is 0 Å². The third-order valence-corrected chi connectivity index (χ3v) is 3.23. The molecular formula is C14H14ClFN2O. The number of pyridine rings is 1. The van der Waals surface area contributed by atoms with Gasteiger partial charge in [0.15, 0.2) is 0 Å². The van der Waals surface area contributed by atoms with Crippen LogP contribution in [0.5, 0.6) is 5.75 Å². The monoisotopic (exact) mass is 280 g/mol. The molecule has 0 radical (unpaired) electrons. The minimum absolute atomic E-state index is 0. The van der Waals surface area contributed by atoms with Crippen LogP contribution in [0.4, 0.5) is 4.39 Å². The largest absolute Gasteiger partial charge is 0.508 e. The van der Waals surface area contributed by atoms with Gasteiger partial charge in [-0.1, -0.05) is 6.07 Å². The molecule has 0 saturated heterocycles. The van der Waals surface area contributed by atoms with Crippen LogP contribution in [0.3, 0.4) is 0 Å². The molecule has 3 nitrogen and oxygen atoms in total. The highest BCUT2D eigenvalue weighted by molar-refractivity contribution is 5.85. The van der Waals surface area contributed by atoms with Crippen LogP contribution in [0, 0.1) is 5.82 Å². The third kappa shape index (κ3) is 2.85. The van der Waals surface area contributed by atoms with Crippen molar-refractivity contribution in [3.63, 3.8) is 0 Å². The van der Waals surface area contributed by atoms with Gasteiger partial charge in [0.05, 0.1) is 5.69 Å². The van der Waals surface area contributed by atoms with E-state index < -0.39 is 5.82 Å². The first-order valence-corrected chi connectivity index (χ1v) is 5.85. The number of nitrogens with zero attached hydrogens (tertiary/aromatic N) is 1. The SMILES string of the molecule is Cl.NC1CC1c1ccc(-c2cc(O)cc(F)c2)nc1. The van der Waals surface area contributed by atoms with Crippen LogP contribution in [0.15, 0.2) is 36.5 Å². The Hall–Kier alpha value is -1.65. The van der Waals surface area contributed by atoms with E-state index in [1.807, 2.05) is 12.1 Å². The zero-order chi connectivity index (χ0) is 12.7. The smallest absolute Gasteiger partial charge is 0.127 e. The van der Waals surface area contributed by atoms with Crippen LogP contribution in [-0.2, 0) is 0 Å². The second-order valence-electron chi connectivity index (χ2n) is 4.68. The lowest BCUT2D eigenvalue weighted by Gasteiger charge is -2.04. The lowest BCUT2D eigenvalue weighted by molar-refractivity contribution is 0.469. The van der Waals surface area contributed by atoms with Crippen LogP contribution >= 0.6 is 12.4 Å². The molecule has 1 aliphatic rings. The molecule has 2 atom stereocenters. The predicted octanol–water partition coefficient (Wildman–Crippen LogP) is 2.83. The molecule has 3 rings (SSSR count). The summed E-state index contributed by atoms with van der Waals surface area (Å²) in [7, 11) is 0. The normalized spacial score (nSPS) is 20.7. The van der Waals surface area contributed by atoms with Crippen molar-refractivity contribution in [1.29, 1.82) is 0 Å². The fraction of sp³-hybridized carbons (Fsp3) is 0.214. The van der Waals surface area contributed by atoms with Gasteiger partial charge in [-0.2, -0.15) is 0 Å². The summed E-state index contributed by atoms with van der Waals surface area (Å²) in [5.41, 5.74) is 8.10. The van der Waals surface area contributed by atoms with Crippen molar-refractivity contribution in [2.75, 3.05) is 0 Å². The van der Waals surface area contributed by atoms with Crippen molar-refractivity contribution < 1.29 is 9.50 Å². The van der Waals surface area contributed by atoms with Gasteiger partial charge in [-0.3, -0.25) is 4.98 Å². The number of aromatic hydroxyl groups is 1. The summed E-state index contributed by atoms with van der Waals surface area (Å²) in [6.07, 6.45) is 2.77. The Kier molecular flexibility index (Phi) is 3.73. The summed E-state index contributed by atoms with van der Waals surface area (Å²) < 4.78 is 13.2. The zero-order valence-electron chi connectivity index (χ0n) is 10.1. The molecule has 1 aromatic heterocycles. The summed E-state index contributed by atoms with van der Waals surface area (Å²) in [5, 5.41) is 9.36. The van der Waals surface area contributed by atoms with E-state index in [4.69, 9.17) is 5.73 Å². The molecule has 1 aliphatic carbocycles. The van der Waals surface area contributed by atoms with E-state index >= 15 is 0 Å². The summed E-state index contributed by atoms with van der Waals surface area (Å²) in [4.78, 5) is 4.29. The Bertz CT molecular complexity index is 568. The number of nitrogens with two attached hydrogens (primary N) is 1. The second kappa shape index (κ2) is 5.15. The molecule has 5 heteroatoms. The summed E-state index contributed by atoms with van der Waals surface area (Å²) in [6.45, 7) is 0. The minimum atomic E-state index is -0.472.